The molecule has 5 nitrogen and oxygen atoms in total. The topological polar surface area (TPSA) is 67.4 Å². The number of fused-ring (bicyclic) bond motifs is 3. The molecule has 2 amide bonds. The Labute approximate surface area is 148 Å². The van der Waals surface area contributed by atoms with Crippen LogP contribution >= 0.6 is 0 Å². The predicted molar refractivity (Wildman–Crippen MR) is 94.1 cm³/mol. The van der Waals surface area contributed by atoms with E-state index in [1.807, 2.05) is 32.0 Å². The zero-order valence-electron chi connectivity index (χ0n) is 15.1. The van der Waals surface area contributed by atoms with Gasteiger partial charge in [-0.15, -0.1) is 0 Å². The van der Waals surface area contributed by atoms with Gasteiger partial charge in [-0.25, -0.2) is 0 Å². The van der Waals surface area contributed by atoms with Crippen molar-refractivity contribution >= 4 is 11.8 Å². The largest absolute Gasteiger partial charge is 0.467 e. The average molecular weight is 342 g/mol. The lowest BCUT2D eigenvalue weighted by molar-refractivity contribution is -0.167. The minimum absolute atomic E-state index is 0.0167. The van der Waals surface area contributed by atoms with Crippen LogP contribution in [0.15, 0.2) is 24.3 Å². The first-order valence-corrected chi connectivity index (χ1v) is 9.24. The number of amides is 2. The molecule has 5 rings (SSSR count). The summed E-state index contributed by atoms with van der Waals surface area (Å²) in [5.41, 5.74) is -0.241. The molecule has 1 aliphatic heterocycles. The number of nitrogens with one attached hydrogen (secondary N) is 2. The molecule has 3 saturated carbocycles. The van der Waals surface area contributed by atoms with Crippen LogP contribution < -0.4 is 15.4 Å². The summed E-state index contributed by atoms with van der Waals surface area (Å²) in [5.74, 6) is 0.873. The third-order valence-corrected chi connectivity index (χ3v) is 6.25. The molecule has 1 spiro atoms. The lowest BCUT2D eigenvalue weighted by atomic mass is 9.52. The molecule has 0 unspecified atom stereocenters. The number of rotatable bonds is 2. The van der Waals surface area contributed by atoms with Crippen molar-refractivity contribution in [2.24, 2.45) is 17.3 Å². The van der Waals surface area contributed by atoms with Crippen LogP contribution in [0.2, 0.25) is 0 Å². The summed E-state index contributed by atoms with van der Waals surface area (Å²) in [6.07, 6.45) is 3.42. The van der Waals surface area contributed by atoms with Gasteiger partial charge >= 0.3 is 0 Å². The standard InChI is InChI=1S/C20H26N2O3/c1-12(2)21-18(24)15-10-13-8-9-19(15,3)11-20(13)22-17(23)14-6-4-5-7-16(14)25-20/h4-7,12-13,15H,8-11H2,1-3H3,(H,21,24)(H,22,23)/t13-,15-,19+,20-/m1/s1. The molecule has 3 aliphatic carbocycles. The molecule has 134 valence electrons. The lowest BCUT2D eigenvalue weighted by Crippen LogP contribution is -2.69. The molecular formula is C20H26N2O3. The van der Waals surface area contributed by atoms with E-state index in [1.54, 1.807) is 6.07 Å². The van der Waals surface area contributed by atoms with Gasteiger partial charge in [-0.05, 0) is 50.7 Å². The first-order valence-electron chi connectivity index (χ1n) is 9.24. The van der Waals surface area contributed by atoms with Crippen LogP contribution in [0.3, 0.4) is 0 Å². The summed E-state index contributed by atoms with van der Waals surface area (Å²) < 4.78 is 6.38. The molecule has 5 heteroatoms. The van der Waals surface area contributed by atoms with E-state index >= 15 is 0 Å². The second-order valence-electron chi connectivity index (χ2n) is 8.46. The Morgan fingerprint density at radius 2 is 2.12 bits per heavy atom. The van der Waals surface area contributed by atoms with E-state index < -0.39 is 5.72 Å². The van der Waals surface area contributed by atoms with Crippen molar-refractivity contribution in [3.8, 4) is 5.75 Å². The van der Waals surface area contributed by atoms with Crippen molar-refractivity contribution in [1.82, 2.24) is 10.6 Å². The highest BCUT2D eigenvalue weighted by atomic mass is 16.5. The van der Waals surface area contributed by atoms with Gasteiger partial charge in [0.1, 0.15) is 5.75 Å². The van der Waals surface area contributed by atoms with Crippen molar-refractivity contribution in [3.05, 3.63) is 29.8 Å². The molecule has 0 radical (unpaired) electrons. The van der Waals surface area contributed by atoms with Gasteiger partial charge in [0.2, 0.25) is 5.91 Å². The second-order valence-corrected chi connectivity index (χ2v) is 8.46. The highest BCUT2D eigenvalue weighted by Crippen LogP contribution is 2.58. The number of hydrogen-bond acceptors (Lipinski definition) is 3. The third kappa shape index (κ3) is 2.52. The van der Waals surface area contributed by atoms with Crippen molar-refractivity contribution in [2.45, 2.75) is 58.2 Å². The average Bonchev–Trinajstić information content (AvgIpc) is 2.53. The normalized spacial score (nSPS) is 35.9. The molecule has 1 aromatic rings. The molecule has 25 heavy (non-hydrogen) atoms. The highest BCUT2D eigenvalue weighted by molar-refractivity contribution is 5.98. The van der Waals surface area contributed by atoms with Gasteiger partial charge in [0, 0.05) is 24.3 Å². The minimum atomic E-state index is -0.674. The monoisotopic (exact) mass is 342 g/mol. The zero-order valence-corrected chi connectivity index (χ0v) is 15.1. The van der Waals surface area contributed by atoms with E-state index in [4.69, 9.17) is 4.74 Å². The van der Waals surface area contributed by atoms with Crippen LogP contribution in [0, 0.1) is 17.3 Å². The molecule has 2 bridgehead atoms. The molecule has 4 atom stereocenters. The summed E-state index contributed by atoms with van der Waals surface area (Å²) in [4.78, 5) is 25.3. The van der Waals surface area contributed by atoms with Crippen LogP contribution in [-0.4, -0.2) is 23.6 Å². The second kappa shape index (κ2) is 5.48. The molecule has 4 aliphatic rings. The van der Waals surface area contributed by atoms with Crippen LogP contribution in [0.5, 0.6) is 5.75 Å². The highest BCUT2D eigenvalue weighted by Gasteiger charge is 2.61. The summed E-state index contributed by atoms with van der Waals surface area (Å²) in [7, 11) is 0. The maximum atomic E-state index is 12.7. The molecular weight excluding hydrogens is 316 g/mol. The van der Waals surface area contributed by atoms with Crippen molar-refractivity contribution in [3.63, 3.8) is 0 Å². The van der Waals surface area contributed by atoms with Gasteiger partial charge in [-0.3, -0.25) is 9.59 Å². The Bertz CT molecular complexity index is 731. The number of para-hydroxylation sites is 1. The SMILES string of the molecule is CC(C)NC(=O)[C@H]1C[C@H]2CC[C@@]1(C)C[C@]21NC(=O)c2ccccc2O1. The van der Waals surface area contributed by atoms with E-state index in [1.165, 1.54) is 0 Å². The van der Waals surface area contributed by atoms with Crippen LogP contribution in [0.25, 0.3) is 0 Å². The summed E-state index contributed by atoms with van der Waals surface area (Å²) in [6.45, 7) is 6.15. The summed E-state index contributed by atoms with van der Waals surface area (Å²) >= 11 is 0. The van der Waals surface area contributed by atoms with Gasteiger partial charge in [-0.1, -0.05) is 19.1 Å². The number of carbonyl (C=O) groups is 2. The maximum absolute atomic E-state index is 12.7. The molecule has 2 N–H and O–H groups in total. The maximum Gasteiger partial charge on any atom is 0.258 e. The van der Waals surface area contributed by atoms with E-state index in [-0.39, 0.29) is 35.1 Å². The Morgan fingerprint density at radius 1 is 1.36 bits per heavy atom. The van der Waals surface area contributed by atoms with Gasteiger partial charge < -0.3 is 15.4 Å². The molecule has 0 saturated heterocycles. The predicted octanol–water partition coefficient (Wildman–Crippen LogP) is 2.86. The van der Waals surface area contributed by atoms with Crippen LogP contribution in [0.4, 0.5) is 0 Å². The van der Waals surface area contributed by atoms with Gasteiger partial charge in [0.05, 0.1) is 5.56 Å². The van der Waals surface area contributed by atoms with Gasteiger partial charge in [-0.2, -0.15) is 0 Å². The van der Waals surface area contributed by atoms with Gasteiger partial charge in [0.25, 0.3) is 5.91 Å². The van der Waals surface area contributed by atoms with E-state index in [2.05, 4.69) is 17.6 Å². The Kier molecular flexibility index (Phi) is 3.60. The van der Waals surface area contributed by atoms with Crippen LogP contribution in [0.1, 0.15) is 56.8 Å². The Morgan fingerprint density at radius 3 is 2.84 bits per heavy atom. The Balaban J connectivity index is 1.64. The quantitative estimate of drug-likeness (QED) is 0.868. The number of ether oxygens (including phenoxy) is 1. The molecule has 1 heterocycles. The Hall–Kier alpha value is -2.04. The number of hydrogen-bond donors (Lipinski definition) is 2. The van der Waals surface area contributed by atoms with Crippen molar-refractivity contribution in [2.75, 3.05) is 0 Å². The number of benzene rings is 1. The van der Waals surface area contributed by atoms with E-state index in [0.717, 1.165) is 19.3 Å². The van der Waals surface area contributed by atoms with Crippen molar-refractivity contribution in [1.29, 1.82) is 0 Å². The van der Waals surface area contributed by atoms with Gasteiger partial charge in [0.15, 0.2) is 5.72 Å². The molecule has 3 fully saturated rings. The molecule has 1 aromatic carbocycles. The first kappa shape index (κ1) is 16.4. The molecule has 0 aromatic heterocycles. The fraction of sp³-hybridized carbons (Fsp3) is 0.600. The summed E-state index contributed by atoms with van der Waals surface area (Å²) in [6, 6.07) is 7.54. The minimum Gasteiger partial charge on any atom is -0.467 e. The fourth-order valence-corrected chi connectivity index (χ4v) is 5.04. The number of carbonyl (C=O) groups excluding carboxylic acids is 2. The van der Waals surface area contributed by atoms with Crippen molar-refractivity contribution < 1.29 is 14.3 Å². The summed E-state index contributed by atoms with van der Waals surface area (Å²) in [5, 5.41) is 6.22. The zero-order chi connectivity index (χ0) is 17.8. The first-order chi connectivity index (χ1) is 11.8. The van der Waals surface area contributed by atoms with E-state index in [0.29, 0.717) is 17.7 Å². The fourth-order valence-electron chi connectivity index (χ4n) is 5.04. The smallest absolute Gasteiger partial charge is 0.258 e. The van der Waals surface area contributed by atoms with E-state index in [9.17, 15) is 9.59 Å². The van der Waals surface area contributed by atoms with Crippen LogP contribution in [-0.2, 0) is 4.79 Å². The lowest BCUT2D eigenvalue weighted by Gasteiger charge is -2.59. The third-order valence-electron chi connectivity index (χ3n) is 6.25.